The Hall–Kier alpha value is -2.41. The number of hydrogen-bond donors (Lipinski definition) is 0. The molecule has 0 N–H and O–H groups in total. The number of carbonyl (C=O) groups excluding carboxylic acids is 3. The van der Waals surface area contributed by atoms with Crippen LogP contribution < -0.4 is 0 Å². The Balaban J connectivity index is 1.93. The van der Waals surface area contributed by atoms with Gasteiger partial charge in [-0.05, 0) is 39.3 Å². The number of ether oxygens (including phenoxy) is 4. The van der Waals surface area contributed by atoms with Gasteiger partial charge in [-0.1, -0.05) is 18.2 Å². The fourth-order valence-corrected chi connectivity index (χ4v) is 3.83. The highest BCUT2D eigenvalue weighted by molar-refractivity contribution is 5.91. The number of rotatable bonds is 3. The van der Waals surface area contributed by atoms with E-state index < -0.39 is 41.8 Å². The van der Waals surface area contributed by atoms with Crippen LogP contribution in [-0.2, 0) is 33.3 Å². The summed E-state index contributed by atoms with van der Waals surface area (Å²) in [7, 11) is 0. The highest BCUT2D eigenvalue weighted by Gasteiger charge is 2.58. The van der Waals surface area contributed by atoms with E-state index in [2.05, 4.69) is 6.58 Å². The lowest BCUT2D eigenvalue weighted by Crippen LogP contribution is -2.38. The predicted octanol–water partition coefficient (Wildman–Crippen LogP) is 2.79. The van der Waals surface area contributed by atoms with Crippen LogP contribution in [0.25, 0.3) is 0 Å². The summed E-state index contributed by atoms with van der Waals surface area (Å²) in [4.78, 5) is 36.4. The number of epoxide rings is 1. The molecule has 2 saturated heterocycles. The van der Waals surface area contributed by atoms with Gasteiger partial charge in [-0.25, -0.2) is 9.59 Å². The molecule has 0 aromatic rings. The summed E-state index contributed by atoms with van der Waals surface area (Å²) in [5, 5.41) is 0. The molecule has 0 spiro atoms. The Kier molecular flexibility index (Phi) is 5.72. The SMILES string of the molecule is C=C1C(=O)O[C@H]2/C=C(\C)[C@@H](OC(C)=O)C/C=C(\C)C[C@@H](OC(=O)[C@]3(C)O[C@@H]3C)[C@@H]12. The molecule has 0 bridgehead atoms. The van der Waals surface area contributed by atoms with Gasteiger partial charge in [-0.3, -0.25) is 4.79 Å². The second-order valence-corrected chi connectivity index (χ2v) is 8.23. The molecule has 0 radical (unpaired) electrons. The van der Waals surface area contributed by atoms with E-state index in [-0.39, 0.29) is 17.6 Å². The molecule has 7 heteroatoms. The van der Waals surface area contributed by atoms with Crippen molar-refractivity contribution in [3.63, 3.8) is 0 Å². The van der Waals surface area contributed by atoms with Gasteiger partial charge in [0, 0.05) is 25.3 Å². The maximum atomic E-state index is 12.7. The highest BCUT2D eigenvalue weighted by Crippen LogP contribution is 2.40. The Morgan fingerprint density at radius 1 is 1.28 bits per heavy atom. The number of carbonyl (C=O) groups is 3. The van der Waals surface area contributed by atoms with Crippen molar-refractivity contribution in [2.75, 3.05) is 0 Å². The molecule has 29 heavy (non-hydrogen) atoms. The molecule has 0 aromatic carbocycles. The predicted molar refractivity (Wildman–Crippen MR) is 104 cm³/mol. The fourth-order valence-electron chi connectivity index (χ4n) is 3.83. The smallest absolute Gasteiger partial charge is 0.341 e. The summed E-state index contributed by atoms with van der Waals surface area (Å²) in [6.45, 7) is 12.5. The van der Waals surface area contributed by atoms with Crippen LogP contribution in [0.15, 0.2) is 35.5 Å². The lowest BCUT2D eigenvalue weighted by atomic mass is 9.85. The van der Waals surface area contributed by atoms with Crippen molar-refractivity contribution in [1.29, 1.82) is 0 Å². The molecular formula is C22H28O7. The average molecular weight is 404 g/mol. The first-order valence-electron chi connectivity index (χ1n) is 9.82. The molecule has 0 unspecified atom stereocenters. The molecule has 2 aliphatic heterocycles. The highest BCUT2D eigenvalue weighted by atomic mass is 16.7. The lowest BCUT2D eigenvalue weighted by molar-refractivity contribution is -0.158. The summed E-state index contributed by atoms with van der Waals surface area (Å²) in [6, 6.07) is 0. The van der Waals surface area contributed by atoms with Gasteiger partial charge in [0.1, 0.15) is 18.3 Å². The topological polar surface area (TPSA) is 91.4 Å². The number of hydrogen-bond acceptors (Lipinski definition) is 7. The van der Waals surface area contributed by atoms with Crippen molar-refractivity contribution < 1.29 is 33.3 Å². The zero-order valence-corrected chi connectivity index (χ0v) is 17.5. The van der Waals surface area contributed by atoms with Gasteiger partial charge < -0.3 is 18.9 Å². The average Bonchev–Trinajstić information content (AvgIpc) is 3.15. The van der Waals surface area contributed by atoms with Crippen LogP contribution >= 0.6 is 0 Å². The summed E-state index contributed by atoms with van der Waals surface area (Å²) in [5.41, 5.74) is 1.03. The minimum absolute atomic E-state index is 0.210. The van der Waals surface area contributed by atoms with E-state index in [1.165, 1.54) is 6.92 Å². The van der Waals surface area contributed by atoms with Crippen LogP contribution in [0.2, 0.25) is 0 Å². The third-order valence-corrected chi connectivity index (χ3v) is 5.91. The third-order valence-electron chi connectivity index (χ3n) is 5.91. The standard InChI is InChI=1S/C22H28O7/c1-11-7-8-16(26-15(5)23)12(2)10-18-19(13(3)20(24)27-18)17(9-11)28-21(25)22(6)14(4)29-22/h7,10,14,16-19H,3,8-9H2,1-2,4-6H3/b11-7+,12-10+/t14-,16+,17-,18+,19-,22-/m1/s1. The zero-order chi connectivity index (χ0) is 21.5. The normalized spacial score (nSPS) is 40.5. The molecule has 0 saturated carbocycles. The summed E-state index contributed by atoms with van der Waals surface area (Å²) >= 11 is 0. The largest absolute Gasteiger partial charge is 0.459 e. The van der Waals surface area contributed by atoms with Gasteiger partial charge in [0.15, 0.2) is 5.60 Å². The zero-order valence-electron chi connectivity index (χ0n) is 17.5. The first-order chi connectivity index (χ1) is 13.5. The van der Waals surface area contributed by atoms with E-state index in [1.807, 2.05) is 26.8 Å². The Labute approximate surface area is 170 Å². The Morgan fingerprint density at radius 2 is 1.93 bits per heavy atom. The van der Waals surface area contributed by atoms with Gasteiger partial charge in [0.25, 0.3) is 0 Å². The quantitative estimate of drug-likeness (QED) is 0.235. The minimum Gasteiger partial charge on any atom is -0.459 e. The molecule has 2 heterocycles. The van der Waals surface area contributed by atoms with Crippen molar-refractivity contribution in [1.82, 2.24) is 0 Å². The van der Waals surface area contributed by atoms with Crippen molar-refractivity contribution >= 4 is 17.9 Å². The Bertz CT molecular complexity index is 808. The van der Waals surface area contributed by atoms with Crippen molar-refractivity contribution in [2.24, 2.45) is 5.92 Å². The minimum atomic E-state index is -0.959. The summed E-state index contributed by atoms with van der Waals surface area (Å²) < 4.78 is 22.2. The maximum absolute atomic E-state index is 12.7. The van der Waals surface area contributed by atoms with E-state index >= 15 is 0 Å². The van der Waals surface area contributed by atoms with E-state index in [0.717, 1.165) is 11.1 Å². The molecule has 0 aromatic heterocycles. The van der Waals surface area contributed by atoms with Crippen LogP contribution in [0.3, 0.4) is 0 Å². The second-order valence-electron chi connectivity index (χ2n) is 8.23. The molecule has 2 fully saturated rings. The van der Waals surface area contributed by atoms with Crippen LogP contribution in [0, 0.1) is 5.92 Å². The fraction of sp³-hybridized carbons (Fsp3) is 0.591. The maximum Gasteiger partial charge on any atom is 0.341 e. The van der Waals surface area contributed by atoms with E-state index in [9.17, 15) is 14.4 Å². The number of esters is 3. The Morgan fingerprint density at radius 3 is 2.52 bits per heavy atom. The van der Waals surface area contributed by atoms with Crippen molar-refractivity contribution in [2.45, 2.75) is 77.5 Å². The molecule has 158 valence electrons. The van der Waals surface area contributed by atoms with Crippen LogP contribution in [0.4, 0.5) is 0 Å². The molecule has 1 aliphatic carbocycles. The molecule has 7 nitrogen and oxygen atoms in total. The second kappa shape index (κ2) is 7.78. The summed E-state index contributed by atoms with van der Waals surface area (Å²) in [5.74, 6) is -1.88. The number of fused-ring (bicyclic) bond motifs is 1. The molecule has 3 aliphatic rings. The molecular weight excluding hydrogens is 376 g/mol. The first kappa shape index (κ1) is 21.3. The molecule has 0 amide bonds. The van der Waals surface area contributed by atoms with Gasteiger partial charge in [-0.2, -0.15) is 0 Å². The third kappa shape index (κ3) is 4.29. The van der Waals surface area contributed by atoms with Crippen LogP contribution in [-0.4, -0.2) is 47.9 Å². The molecule has 6 atom stereocenters. The van der Waals surface area contributed by atoms with Crippen molar-refractivity contribution in [3.8, 4) is 0 Å². The van der Waals surface area contributed by atoms with Crippen LogP contribution in [0.1, 0.15) is 47.5 Å². The van der Waals surface area contributed by atoms with Gasteiger partial charge >= 0.3 is 17.9 Å². The summed E-state index contributed by atoms with van der Waals surface area (Å²) in [6.07, 6.45) is 2.69. The van der Waals surface area contributed by atoms with Crippen molar-refractivity contribution in [3.05, 3.63) is 35.5 Å². The first-order valence-corrected chi connectivity index (χ1v) is 9.82. The van der Waals surface area contributed by atoms with Gasteiger partial charge in [0.2, 0.25) is 0 Å². The monoisotopic (exact) mass is 404 g/mol. The lowest BCUT2D eigenvalue weighted by Gasteiger charge is -2.29. The van der Waals surface area contributed by atoms with E-state index in [4.69, 9.17) is 18.9 Å². The van der Waals surface area contributed by atoms with Crippen LogP contribution in [0.5, 0.6) is 0 Å². The van der Waals surface area contributed by atoms with E-state index in [1.54, 1.807) is 13.0 Å². The van der Waals surface area contributed by atoms with Gasteiger partial charge in [0.05, 0.1) is 12.0 Å². The van der Waals surface area contributed by atoms with Gasteiger partial charge in [-0.15, -0.1) is 0 Å². The van der Waals surface area contributed by atoms with E-state index in [0.29, 0.717) is 12.8 Å². The molecule has 3 rings (SSSR count).